The van der Waals surface area contributed by atoms with E-state index in [4.69, 9.17) is 0 Å². The van der Waals surface area contributed by atoms with Crippen molar-refractivity contribution in [2.75, 3.05) is 0 Å². The molecule has 22 heavy (non-hydrogen) atoms. The Kier molecular flexibility index (Phi) is 3.96. The van der Waals surface area contributed by atoms with Gasteiger partial charge in [0.1, 0.15) is 11.4 Å². The Morgan fingerprint density at radius 1 is 1.00 bits per heavy atom. The van der Waals surface area contributed by atoms with Crippen LogP contribution in [0.1, 0.15) is 18.9 Å². The lowest BCUT2D eigenvalue weighted by molar-refractivity contribution is 0.477. The molecule has 0 aliphatic heterocycles. The third-order valence-corrected chi connectivity index (χ3v) is 3.70. The maximum atomic E-state index is 10.8. The molecule has 1 heterocycles. The van der Waals surface area contributed by atoms with Gasteiger partial charge in [-0.05, 0) is 19.4 Å². The Bertz CT molecular complexity index is 775. The van der Waals surface area contributed by atoms with E-state index in [-0.39, 0.29) is 5.75 Å². The predicted molar refractivity (Wildman–Crippen MR) is 89.8 cm³/mol. The van der Waals surface area contributed by atoms with Crippen LogP contribution in [0, 0.1) is 6.92 Å². The molecule has 0 spiro atoms. The molecule has 3 rings (SSSR count). The summed E-state index contributed by atoms with van der Waals surface area (Å²) < 4.78 is 1.91. The summed E-state index contributed by atoms with van der Waals surface area (Å²) in [4.78, 5) is 0. The smallest absolute Gasteiger partial charge is 0.169 e. The van der Waals surface area contributed by atoms with Crippen molar-refractivity contribution < 1.29 is 5.11 Å². The minimum absolute atomic E-state index is 0.255. The largest absolute Gasteiger partial charge is 0.504 e. The average molecular weight is 292 g/mol. The molecule has 112 valence electrons. The van der Waals surface area contributed by atoms with Gasteiger partial charge < -0.3 is 5.11 Å². The molecular formula is C19H20N2O. The van der Waals surface area contributed by atoms with Crippen molar-refractivity contribution in [1.82, 2.24) is 9.78 Å². The minimum Gasteiger partial charge on any atom is -0.504 e. The first-order valence-electron chi connectivity index (χ1n) is 7.63. The van der Waals surface area contributed by atoms with E-state index in [1.807, 2.05) is 47.1 Å². The zero-order valence-corrected chi connectivity index (χ0v) is 13.0. The molecule has 3 nitrogen and oxygen atoms in total. The van der Waals surface area contributed by atoms with Gasteiger partial charge in [-0.3, -0.25) is 4.68 Å². The molecule has 0 aliphatic rings. The van der Waals surface area contributed by atoms with Crippen LogP contribution >= 0.6 is 0 Å². The normalized spacial score (nSPS) is 10.8. The number of hydrogen-bond acceptors (Lipinski definition) is 2. The quantitative estimate of drug-likeness (QED) is 0.760. The summed E-state index contributed by atoms with van der Waals surface area (Å²) in [5.74, 6) is 0.255. The summed E-state index contributed by atoms with van der Waals surface area (Å²) in [6.07, 6.45) is 0.966. The van der Waals surface area contributed by atoms with Crippen molar-refractivity contribution in [2.45, 2.75) is 26.8 Å². The van der Waals surface area contributed by atoms with Gasteiger partial charge in [-0.1, -0.05) is 61.0 Å². The van der Waals surface area contributed by atoms with E-state index >= 15 is 0 Å². The highest BCUT2D eigenvalue weighted by Gasteiger charge is 2.19. The van der Waals surface area contributed by atoms with Crippen LogP contribution in [0.4, 0.5) is 0 Å². The second kappa shape index (κ2) is 6.06. The molecule has 0 atom stereocenters. The van der Waals surface area contributed by atoms with Crippen LogP contribution in [0.3, 0.4) is 0 Å². The van der Waals surface area contributed by atoms with Crippen LogP contribution in [0.5, 0.6) is 5.75 Å². The third-order valence-electron chi connectivity index (χ3n) is 3.70. The number of nitrogens with zero attached hydrogens (tertiary/aromatic N) is 2. The topological polar surface area (TPSA) is 38.0 Å². The summed E-state index contributed by atoms with van der Waals surface area (Å²) in [6, 6.07) is 18.0. The first-order valence-corrected chi connectivity index (χ1v) is 7.63. The van der Waals surface area contributed by atoms with Crippen molar-refractivity contribution >= 4 is 0 Å². The number of rotatable bonds is 4. The zero-order valence-electron chi connectivity index (χ0n) is 13.0. The van der Waals surface area contributed by atoms with Crippen molar-refractivity contribution in [3.63, 3.8) is 0 Å². The van der Waals surface area contributed by atoms with Crippen LogP contribution in [0.2, 0.25) is 0 Å². The molecule has 0 unspecified atom stereocenters. The Morgan fingerprint density at radius 3 is 2.41 bits per heavy atom. The molecule has 0 bridgehead atoms. The molecule has 2 aromatic carbocycles. The summed E-state index contributed by atoms with van der Waals surface area (Å²) >= 11 is 0. The summed E-state index contributed by atoms with van der Waals surface area (Å²) in [6.45, 7) is 4.95. The third kappa shape index (κ3) is 2.62. The molecular weight excluding hydrogens is 272 g/mol. The van der Waals surface area contributed by atoms with Gasteiger partial charge in [0.25, 0.3) is 0 Å². The highest BCUT2D eigenvalue weighted by Crippen LogP contribution is 2.38. The number of aromatic hydroxyl groups is 1. The average Bonchev–Trinajstić information content (AvgIpc) is 2.85. The van der Waals surface area contributed by atoms with Gasteiger partial charge in [0.05, 0.1) is 0 Å². The predicted octanol–water partition coefficient (Wildman–Crippen LogP) is 4.64. The van der Waals surface area contributed by atoms with Crippen LogP contribution < -0.4 is 0 Å². The van der Waals surface area contributed by atoms with Gasteiger partial charge in [-0.2, -0.15) is 5.10 Å². The Labute approximate surface area is 130 Å². The van der Waals surface area contributed by atoms with Crippen molar-refractivity contribution in [2.24, 2.45) is 0 Å². The molecule has 0 aliphatic carbocycles. The van der Waals surface area contributed by atoms with Crippen molar-refractivity contribution in [3.05, 3.63) is 60.2 Å². The zero-order chi connectivity index (χ0) is 15.5. The van der Waals surface area contributed by atoms with E-state index in [0.717, 1.165) is 29.8 Å². The Balaban J connectivity index is 2.18. The Hall–Kier alpha value is -2.55. The molecule has 0 amide bonds. The standard InChI is InChI=1S/C19H20N2O/c1-3-12-21-18(16-11-7-8-14(2)13-16)19(22)17(20-21)15-9-5-4-6-10-15/h4-11,13,22H,3,12H2,1-2H3. The van der Waals surface area contributed by atoms with Crippen molar-refractivity contribution in [1.29, 1.82) is 0 Å². The molecule has 0 saturated heterocycles. The van der Waals surface area contributed by atoms with E-state index in [9.17, 15) is 5.11 Å². The first-order chi connectivity index (χ1) is 10.7. The lowest BCUT2D eigenvalue weighted by atomic mass is 10.1. The van der Waals surface area contributed by atoms with Gasteiger partial charge in [0, 0.05) is 17.7 Å². The second-order valence-corrected chi connectivity index (χ2v) is 5.50. The summed E-state index contributed by atoms with van der Waals surface area (Å²) in [5, 5.41) is 15.4. The molecule has 0 fully saturated rings. The fourth-order valence-electron chi connectivity index (χ4n) is 2.69. The molecule has 1 aromatic heterocycles. The van der Waals surface area contributed by atoms with Gasteiger partial charge in [0.15, 0.2) is 5.75 Å². The summed E-state index contributed by atoms with van der Waals surface area (Å²) in [5.41, 5.74) is 4.54. The number of hydrogen-bond donors (Lipinski definition) is 1. The molecule has 3 heteroatoms. The van der Waals surface area contributed by atoms with Gasteiger partial charge in [-0.15, -0.1) is 0 Å². The molecule has 0 saturated carbocycles. The lowest BCUT2D eigenvalue weighted by Crippen LogP contribution is -2.01. The molecule has 1 N–H and O–H groups in total. The van der Waals surface area contributed by atoms with Crippen LogP contribution in [0.25, 0.3) is 22.5 Å². The molecule has 3 aromatic rings. The monoisotopic (exact) mass is 292 g/mol. The fraction of sp³-hybridized carbons (Fsp3) is 0.211. The fourth-order valence-corrected chi connectivity index (χ4v) is 2.69. The van der Waals surface area contributed by atoms with Crippen LogP contribution in [-0.2, 0) is 6.54 Å². The highest BCUT2D eigenvalue weighted by molar-refractivity contribution is 5.78. The van der Waals surface area contributed by atoms with Gasteiger partial charge >= 0.3 is 0 Å². The lowest BCUT2D eigenvalue weighted by Gasteiger charge is -2.07. The van der Waals surface area contributed by atoms with E-state index < -0.39 is 0 Å². The minimum atomic E-state index is 0.255. The van der Waals surface area contributed by atoms with Crippen molar-refractivity contribution in [3.8, 4) is 28.3 Å². The first kappa shape index (κ1) is 14.4. The summed E-state index contributed by atoms with van der Waals surface area (Å²) in [7, 11) is 0. The Morgan fingerprint density at radius 2 is 1.73 bits per heavy atom. The second-order valence-electron chi connectivity index (χ2n) is 5.50. The molecule has 0 radical (unpaired) electrons. The van der Waals surface area contributed by atoms with Crippen LogP contribution in [-0.4, -0.2) is 14.9 Å². The van der Waals surface area contributed by atoms with E-state index in [2.05, 4.69) is 31.1 Å². The maximum absolute atomic E-state index is 10.8. The van der Waals surface area contributed by atoms with E-state index in [1.54, 1.807) is 0 Å². The van der Waals surface area contributed by atoms with E-state index in [1.165, 1.54) is 5.56 Å². The van der Waals surface area contributed by atoms with Gasteiger partial charge in [-0.25, -0.2) is 0 Å². The van der Waals surface area contributed by atoms with Gasteiger partial charge in [0.2, 0.25) is 0 Å². The van der Waals surface area contributed by atoms with E-state index in [0.29, 0.717) is 5.69 Å². The highest BCUT2D eigenvalue weighted by atomic mass is 16.3. The van der Waals surface area contributed by atoms with Crippen LogP contribution in [0.15, 0.2) is 54.6 Å². The number of aryl methyl sites for hydroxylation is 2. The number of aromatic nitrogens is 2. The SMILES string of the molecule is CCCn1nc(-c2ccccc2)c(O)c1-c1cccc(C)c1. The number of benzene rings is 2. The maximum Gasteiger partial charge on any atom is 0.169 e.